The van der Waals surface area contributed by atoms with Crippen molar-refractivity contribution in [2.75, 3.05) is 5.73 Å². The summed E-state index contributed by atoms with van der Waals surface area (Å²) in [6.07, 6.45) is -0.816. The van der Waals surface area contributed by atoms with E-state index in [-0.39, 0.29) is 5.56 Å². The molecule has 2 rings (SSSR count). The van der Waals surface area contributed by atoms with E-state index >= 15 is 0 Å². The van der Waals surface area contributed by atoms with E-state index in [1.165, 1.54) is 24.3 Å². The van der Waals surface area contributed by atoms with Crippen LogP contribution in [-0.4, -0.2) is 11.8 Å². The fourth-order valence-corrected chi connectivity index (χ4v) is 1.75. The number of hydrogen-bond acceptors (Lipinski definition) is 1. The molecular formula is C10H9F4N. The first-order chi connectivity index (χ1) is 6.84. The van der Waals surface area contributed by atoms with E-state index in [9.17, 15) is 17.6 Å². The first kappa shape index (κ1) is 10.3. The van der Waals surface area contributed by atoms with Crippen LogP contribution in [0.15, 0.2) is 24.3 Å². The normalized spacial score (nSPS) is 27.1. The Morgan fingerprint density at radius 2 is 1.87 bits per heavy atom. The summed E-state index contributed by atoms with van der Waals surface area (Å²) in [5.74, 6) is -9.26. The zero-order valence-corrected chi connectivity index (χ0v) is 7.68. The van der Waals surface area contributed by atoms with E-state index in [0.29, 0.717) is 5.69 Å². The van der Waals surface area contributed by atoms with Crippen LogP contribution in [0.2, 0.25) is 0 Å². The molecular weight excluding hydrogens is 210 g/mol. The summed E-state index contributed by atoms with van der Waals surface area (Å²) in [5, 5.41) is 0. The average molecular weight is 219 g/mol. The van der Waals surface area contributed by atoms with Crippen molar-refractivity contribution in [1.29, 1.82) is 0 Å². The number of halogens is 4. The Hall–Kier alpha value is -1.26. The van der Waals surface area contributed by atoms with Crippen LogP contribution in [0.4, 0.5) is 23.2 Å². The van der Waals surface area contributed by atoms with E-state index < -0.39 is 24.2 Å². The third-order valence-corrected chi connectivity index (χ3v) is 2.70. The van der Waals surface area contributed by atoms with Gasteiger partial charge < -0.3 is 5.73 Å². The Morgan fingerprint density at radius 1 is 1.20 bits per heavy atom. The summed E-state index contributed by atoms with van der Waals surface area (Å²) in [5.41, 5.74) is 5.88. The second kappa shape index (κ2) is 2.87. The van der Waals surface area contributed by atoms with Gasteiger partial charge in [0.1, 0.15) is 0 Å². The van der Waals surface area contributed by atoms with Gasteiger partial charge in [-0.3, -0.25) is 0 Å². The number of rotatable bonds is 1. The quantitative estimate of drug-likeness (QED) is 0.570. The Balaban J connectivity index is 2.29. The van der Waals surface area contributed by atoms with Crippen molar-refractivity contribution in [3.8, 4) is 0 Å². The van der Waals surface area contributed by atoms with Crippen molar-refractivity contribution in [3.05, 3.63) is 29.8 Å². The molecule has 1 atom stereocenters. The number of alkyl halides is 4. The molecule has 2 N–H and O–H groups in total. The van der Waals surface area contributed by atoms with Gasteiger partial charge in [0.05, 0.1) is 5.92 Å². The largest absolute Gasteiger partial charge is 0.399 e. The third-order valence-electron chi connectivity index (χ3n) is 2.70. The smallest absolute Gasteiger partial charge is 0.317 e. The van der Waals surface area contributed by atoms with E-state index in [0.717, 1.165) is 0 Å². The maximum atomic E-state index is 13.0. The molecule has 0 bridgehead atoms. The number of benzene rings is 1. The Labute approximate surface area is 83.9 Å². The monoisotopic (exact) mass is 219 g/mol. The number of anilines is 1. The molecule has 1 saturated carbocycles. The van der Waals surface area contributed by atoms with Crippen molar-refractivity contribution in [2.45, 2.75) is 24.2 Å². The van der Waals surface area contributed by atoms with Gasteiger partial charge in [0.15, 0.2) is 0 Å². The highest BCUT2D eigenvalue weighted by Crippen LogP contribution is 2.59. The van der Waals surface area contributed by atoms with Gasteiger partial charge in [0, 0.05) is 12.1 Å². The maximum Gasteiger partial charge on any atom is 0.317 e. The van der Waals surface area contributed by atoms with Gasteiger partial charge in [-0.05, 0) is 17.7 Å². The molecule has 1 aromatic carbocycles. The molecule has 0 spiro atoms. The lowest BCUT2D eigenvalue weighted by molar-refractivity contribution is -0.290. The molecule has 1 aliphatic rings. The van der Waals surface area contributed by atoms with Crippen LogP contribution in [-0.2, 0) is 0 Å². The minimum Gasteiger partial charge on any atom is -0.399 e. The number of hydrogen-bond donors (Lipinski definition) is 1. The van der Waals surface area contributed by atoms with Crippen LogP contribution in [0.5, 0.6) is 0 Å². The van der Waals surface area contributed by atoms with Gasteiger partial charge in [-0.2, -0.15) is 17.6 Å². The third kappa shape index (κ3) is 1.37. The van der Waals surface area contributed by atoms with Crippen LogP contribution in [0.1, 0.15) is 17.9 Å². The van der Waals surface area contributed by atoms with Crippen molar-refractivity contribution >= 4 is 5.69 Å². The molecule has 82 valence electrons. The lowest BCUT2D eigenvalue weighted by atomic mass is 9.72. The fraction of sp³-hybridized carbons (Fsp3) is 0.400. The highest BCUT2D eigenvalue weighted by molar-refractivity contribution is 5.43. The van der Waals surface area contributed by atoms with Gasteiger partial charge in [0.2, 0.25) is 0 Å². The first-order valence-corrected chi connectivity index (χ1v) is 4.46. The molecule has 0 saturated heterocycles. The zero-order valence-electron chi connectivity index (χ0n) is 7.68. The molecule has 0 aromatic heterocycles. The molecule has 0 amide bonds. The summed E-state index contributed by atoms with van der Waals surface area (Å²) >= 11 is 0. The molecule has 15 heavy (non-hydrogen) atoms. The lowest BCUT2D eigenvalue weighted by Gasteiger charge is -2.44. The zero-order chi connectivity index (χ0) is 11.3. The summed E-state index contributed by atoms with van der Waals surface area (Å²) in [6, 6.07) is 5.72. The standard InChI is InChI=1S/C10H9F4N/c11-9(12)5-8(10(9,13)14)6-2-1-3-7(15)4-6/h1-4,8H,5,15H2. The lowest BCUT2D eigenvalue weighted by Crippen LogP contribution is -2.56. The minimum absolute atomic E-state index is 0.172. The first-order valence-electron chi connectivity index (χ1n) is 4.46. The molecule has 1 unspecified atom stereocenters. The van der Waals surface area contributed by atoms with Crippen LogP contribution in [0.25, 0.3) is 0 Å². The predicted octanol–water partition coefficient (Wildman–Crippen LogP) is 3.03. The number of nitrogen functional groups attached to an aromatic ring is 1. The van der Waals surface area contributed by atoms with Gasteiger partial charge in [-0.25, -0.2) is 0 Å². The molecule has 0 aliphatic heterocycles. The highest BCUT2D eigenvalue weighted by atomic mass is 19.3. The van der Waals surface area contributed by atoms with Crippen LogP contribution < -0.4 is 5.73 Å². The average Bonchev–Trinajstić information content (AvgIpc) is 2.14. The van der Waals surface area contributed by atoms with Crippen molar-refractivity contribution in [2.24, 2.45) is 0 Å². The van der Waals surface area contributed by atoms with Gasteiger partial charge in [-0.15, -0.1) is 0 Å². The van der Waals surface area contributed by atoms with E-state index in [1.54, 1.807) is 0 Å². The molecule has 1 aromatic rings. The van der Waals surface area contributed by atoms with Crippen LogP contribution in [0, 0.1) is 0 Å². The SMILES string of the molecule is Nc1cccc(C2CC(F)(F)C2(F)F)c1. The fourth-order valence-electron chi connectivity index (χ4n) is 1.75. The summed E-state index contributed by atoms with van der Waals surface area (Å²) < 4.78 is 51.2. The van der Waals surface area contributed by atoms with Crippen molar-refractivity contribution < 1.29 is 17.6 Å². The minimum atomic E-state index is -3.96. The van der Waals surface area contributed by atoms with Crippen LogP contribution in [0.3, 0.4) is 0 Å². The second-order valence-corrected chi connectivity index (χ2v) is 3.75. The molecule has 1 fully saturated rings. The topological polar surface area (TPSA) is 26.0 Å². The Kier molecular flexibility index (Phi) is 1.96. The molecule has 5 heteroatoms. The van der Waals surface area contributed by atoms with E-state index in [2.05, 4.69) is 0 Å². The highest BCUT2D eigenvalue weighted by Gasteiger charge is 2.71. The van der Waals surface area contributed by atoms with Crippen LogP contribution >= 0.6 is 0 Å². The van der Waals surface area contributed by atoms with Crippen molar-refractivity contribution in [1.82, 2.24) is 0 Å². The molecule has 1 nitrogen and oxygen atoms in total. The van der Waals surface area contributed by atoms with E-state index in [1.807, 2.05) is 0 Å². The Bertz CT molecular complexity index is 389. The summed E-state index contributed by atoms with van der Waals surface area (Å²) in [4.78, 5) is 0. The summed E-state index contributed by atoms with van der Waals surface area (Å²) in [7, 11) is 0. The predicted molar refractivity (Wildman–Crippen MR) is 48.1 cm³/mol. The molecule has 0 radical (unpaired) electrons. The van der Waals surface area contributed by atoms with Gasteiger partial charge >= 0.3 is 11.8 Å². The number of nitrogens with two attached hydrogens (primary N) is 1. The van der Waals surface area contributed by atoms with Gasteiger partial charge in [0.25, 0.3) is 0 Å². The van der Waals surface area contributed by atoms with Crippen molar-refractivity contribution in [3.63, 3.8) is 0 Å². The second-order valence-electron chi connectivity index (χ2n) is 3.75. The molecule has 1 aliphatic carbocycles. The summed E-state index contributed by atoms with van der Waals surface area (Å²) in [6.45, 7) is 0. The Morgan fingerprint density at radius 3 is 2.33 bits per heavy atom. The molecule has 0 heterocycles. The van der Waals surface area contributed by atoms with Gasteiger partial charge in [-0.1, -0.05) is 12.1 Å². The van der Waals surface area contributed by atoms with E-state index in [4.69, 9.17) is 5.73 Å². The maximum absolute atomic E-state index is 13.0.